The van der Waals surface area contributed by atoms with E-state index < -0.39 is 4.75 Å². The smallest absolute Gasteiger partial charge is 0.287 e. The number of ether oxygens (including phenoxy) is 3. The number of nitrogens with one attached hydrogen (secondary N) is 1. The molecule has 1 heterocycles. The van der Waals surface area contributed by atoms with E-state index in [1.165, 1.54) is 5.56 Å². The molecule has 37 heavy (non-hydrogen) atoms. The van der Waals surface area contributed by atoms with Crippen molar-refractivity contribution < 1.29 is 23.8 Å². The number of carbonyl (C=O) groups excluding carboxylic acids is 2. The van der Waals surface area contributed by atoms with Gasteiger partial charge in [0.1, 0.15) is 27.7 Å². The fourth-order valence-corrected chi connectivity index (χ4v) is 5.18. The molecule has 1 atom stereocenters. The van der Waals surface area contributed by atoms with Crippen molar-refractivity contribution in [1.29, 1.82) is 0 Å². The molecule has 2 amide bonds. The Bertz CT molecular complexity index is 1230. The van der Waals surface area contributed by atoms with Crippen LogP contribution in [0.5, 0.6) is 23.0 Å². The Morgan fingerprint density at radius 1 is 0.865 bits per heavy atom. The summed E-state index contributed by atoms with van der Waals surface area (Å²) in [4.78, 5) is 23.8. The highest BCUT2D eigenvalue weighted by molar-refractivity contribution is 8.15. The maximum Gasteiger partial charge on any atom is 0.287 e. The van der Waals surface area contributed by atoms with Crippen molar-refractivity contribution >= 4 is 22.9 Å². The van der Waals surface area contributed by atoms with Gasteiger partial charge >= 0.3 is 0 Å². The number of rotatable bonds is 12. The summed E-state index contributed by atoms with van der Waals surface area (Å²) >= 11 is 1.04. The zero-order valence-corrected chi connectivity index (χ0v) is 22.4. The molecule has 3 aromatic carbocycles. The Kier molecular flexibility index (Phi) is 8.77. The van der Waals surface area contributed by atoms with Gasteiger partial charge in [-0.05, 0) is 104 Å². The summed E-state index contributed by atoms with van der Waals surface area (Å²) in [5.74, 6) is 3.00. The van der Waals surface area contributed by atoms with Crippen molar-refractivity contribution in [2.24, 2.45) is 0 Å². The molecule has 3 aromatic rings. The third-order valence-corrected chi connectivity index (χ3v) is 7.53. The van der Waals surface area contributed by atoms with Crippen LogP contribution in [0.15, 0.2) is 66.7 Å². The van der Waals surface area contributed by atoms with Gasteiger partial charge in [-0.1, -0.05) is 37.6 Å². The van der Waals surface area contributed by atoms with Gasteiger partial charge in [0.25, 0.3) is 5.24 Å². The van der Waals surface area contributed by atoms with Crippen LogP contribution >= 0.6 is 11.8 Å². The average Bonchev–Trinajstić information content (AvgIpc) is 3.17. The van der Waals surface area contributed by atoms with E-state index in [0.717, 1.165) is 78.0 Å². The number of methoxy groups -OCH3 is 1. The topological polar surface area (TPSA) is 73.9 Å². The van der Waals surface area contributed by atoms with E-state index in [1.807, 2.05) is 60.7 Å². The van der Waals surface area contributed by atoms with Crippen molar-refractivity contribution in [2.45, 2.75) is 50.7 Å². The van der Waals surface area contributed by atoms with Crippen LogP contribution < -0.4 is 19.5 Å². The zero-order chi connectivity index (χ0) is 26.3. The number of unbranched alkanes of at least 4 members (excludes halogenated alkanes) is 1. The van der Waals surface area contributed by atoms with Crippen LogP contribution in [-0.4, -0.2) is 24.9 Å². The second-order valence-corrected chi connectivity index (χ2v) is 10.6. The quantitative estimate of drug-likeness (QED) is 0.259. The van der Waals surface area contributed by atoms with Crippen molar-refractivity contribution in [3.8, 4) is 23.0 Å². The van der Waals surface area contributed by atoms with E-state index in [-0.39, 0.29) is 11.1 Å². The Hall–Kier alpha value is -3.45. The SMILES string of the molecule is CCCc1cc(Oc2ccc(OC)cc2)ccc1OCCCCc1ccc(C2(C)SC(=O)NC2=O)cc1. The van der Waals surface area contributed by atoms with Gasteiger partial charge in [-0.3, -0.25) is 14.9 Å². The lowest BCUT2D eigenvalue weighted by atomic mass is 9.97. The summed E-state index contributed by atoms with van der Waals surface area (Å²) in [5.41, 5.74) is 3.19. The highest BCUT2D eigenvalue weighted by atomic mass is 32.2. The monoisotopic (exact) mass is 519 g/mol. The average molecular weight is 520 g/mol. The highest BCUT2D eigenvalue weighted by Crippen LogP contribution is 2.41. The van der Waals surface area contributed by atoms with Crippen molar-refractivity contribution in [3.05, 3.63) is 83.4 Å². The lowest BCUT2D eigenvalue weighted by Crippen LogP contribution is -2.31. The number of thioether (sulfide) groups is 1. The molecule has 194 valence electrons. The second-order valence-electron chi connectivity index (χ2n) is 9.18. The minimum Gasteiger partial charge on any atom is -0.497 e. The second kappa shape index (κ2) is 12.2. The Balaban J connectivity index is 1.26. The van der Waals surface area contributed by atoms with Gasteiger partial charge in [0, 0.05) is 0 Å². The van der Waals surface area contributed by atoms with E-state index in [4.69, 9.17) is 14.2 Å². The number of hydrogen-bond donors (Lipinski definition) is 1. The van der Waals surface area contributed by atoms with Gasteiger partial charge < -0.3 is 14.2 Å². The molecule has 1 aliphatic heterocycles. The fourth-order valence-electron chi connectivity index (χ4n) is 4.27. The lowest BCUT2D eigenvalue weighted by Gasteiger charge is -2.19. The van der Waals surface area contributed by atoms with E-state index in [9.17, 15) is 9.59 Å². The standard InChI is InChI=1S/C30H33NO5S/c1-4-7-22-20-26(36-25-15-13-24(34-3)14-16-25)17-18-27(22)35-19-6-5-8-21-9-11-23(12-10-21)30(2)28(32)31-29(33)37-30/h9-18,20H,4-8,19H2,1-3H3,(H,31,32,33). The number of hydrogen-bond acceptors (Lipinski definition) is 6. The van der Waals surface area contributed by atoms with Crippen LogP contribution in [0.3, 0.4) is 0 Å². The number of amides is 2. The molecular weight excluding hydrogens is 486 g/mol. The molecule has 1 N–H and O–H groups in total. The summed E-state index contributed by atoms with van der Waals surface area (Å²) < 4.78 is 16.5. The Labute approximate surface area is 222 Å². The van der Waals surface area contributed by atoms with Crippen LogP contribution in [0.25, 0.3) is 0 Å². The Morgan fingerprint density at radius 3 is 2.22 bits per heavy atom. The van der Waals surface area contributed by atoms with Crippen LogP contribution in [0.2, 0.25) is 0 Å². The minimum atomic E-state index is -0.852. The normalized spacial score (nSPS) is 16.9. The third-order valence-electron chi connectivity index (χ3n) is 6.41. The first-order valence-corrected chi connectivity index (χ1v) is 13.4. The van der Waals surface area contributed by atoms with Crippen molar-refractivity contribution in [3.63, 3.8) is 0 Å². The minimum absolute atomic E-state index is 0.254. The van der Waals surface area contributed by atoms with Gasteiger partial charge in [-0.2, -0.15) is 0 Å². The first kappa shape index (κ1) is 26.6. The fraction of sp³-hybridized carbons (Fsp3) is 0.333. The number of imide groups is 1. The van der Waals surface area contributed by atoms with Crippen LogP contribution in [0.1, 0.15) is 49.8 Å². The molecule has 1 saturated heterocycles. The van der Waals surface area contributed by atoms with Gasteiger partial charge in [0.15, 0.2) is 0 Å². The molecule has 1 fully saturated rings. The maximum absolute atomic E-state index is 12.2. The summed E-state index contributed by atoms with van der Waals surface area (Å²) in [5, 5.41) is 2.08. The predicted molar refractivity (Wildman–Crippen MR) is 147 cm³/mol. The molecular formula is C30H33NO5S. The van der Waals surface area contributed by atoms with E-state index in [2.05, 4.69) is 18.3 Å². The molecule has 0 radical (unpaired) electrons. The van der Waals surface area contributed by atoms with Gasteiger partial charge in [-0.25, -0.2) is 0 Å². The maximum atomic E-state index is 12.2. The summed E-state index contributed by atoms with van der Waals surface area (Å²) in [6, 6.07) is 21.5. The largest absolute Gasteiger partial charge is 0.497 e. The highest BCUT2D eigenvalue weighted by Gasteiger charge is 2.45. The predicted octanol–water partition coefficient (Wildman–Crippen LogP) is 7.04. The molecule has 1 unspecified atom stereocenters. The zero-order valence-electron chi connectivity index (χ0n) is 21.5. The number of benzene rings is 3. The first-order chi connectivity index (χ1) is 17.9. The molecule has 7 heteroatoms. The molecule has 1 aliphatic rings. The third kappa shape index (κ3) is 6.66. The van der Waals surface area contributed by atoms with E-state index >= 15 is 0 Å². The summed E-state index contributed by atoms with van der Waals surface area (Å²) in [6.45, 7) is 4.58. The van der Waals surface area contributed by atoms with Crippen molar-refractivity contribution in [2.75, 3.05) is 13.7 Å². The molecule has 0 aromatic heterocycles. The number of carbonyl (C=O) groups is 2. The molecule has 0 bridgehead atoms. The molecule has 0 aliphatic carbocycles. The van der Waals surface area contributed by atoms with Crippen molar-refractivity contribution in [1.82, 2.24) is 5.32 Å². The summed E-state index contributed by atoms with van der Waals surface area (Å²) in [6.07, 6.45) is 4.79. The first-order valence-electron chi connectivity index (χ1n) is 12.6. The molecule has 0 saturated carbocycles. The van der Waals surface area contributed by atoms with Crippen LogP contribution in [-0.2, 0) is 22.4 Å². The summed E-state index contributed by atoms with van der Waals surface area (Å²) in [7, 11) is 1.65. The van der Waals surface area contributed by atoms with Crippen LogP contribution in [0, 0.1) is 0 Å². The van der Waals surface area contributed by atoms with Gasteiger partial charge in [0.2, 0.25) is 5.91 Å². The molecule has 4 rings (SSSR count). The van der Waals surface area contributed by atoms with E-state index in [1.54, 1.807) is 14.0 Å². The molecule has 0 spiro atoms. The van der Waals surface area contributed by atoms with Gasteiger partial charge in [-0.15, -0.1) is 0 Å². The van der Waals surface area contributed by atoms with Crippen LogP contribution in [0.4, 0.5) is 4.79 Å². The number of aryl methyl sites for hydroxylation is 2. The van der Waals surface area contributed by atoms with E-state index in [0.29, 0.717) is 6.61 Å². The Morgan fingerprint density at radius 2 is 1.57 bits per heavy atom. The van der Waals surface area contributed by atoms with Gasteiger partial charge in [0.05, 0.1) is 13.7 Å². The lowest BCUT2D eigenvalue weighted by molar-refractivity contribution is -0.121. The molecule has 6 nitrogen and oxygen atoms in total.